The van der Waals surface area contributed by atoms with Crippen LogP contribution in [-0.2, 0) is 6.61 Å². The highest BCUT2D eigenvalue weighted by molar-refractivity contribution is 5.99. The fourth-order valence-electron chi connectivity index (χ4n) is 2.56. The molecule has 0 amide bonds. The van der Waals surface area contributed by atoms with Gasteiger partial charge in [-0.25, -0.2) is 0 Å². The minimum Gasteiger partial charge on any atom is -0.487 e. The van der Waals surface area contributed by atoms with Gasteiger partial charge in [-0.2, -0.15) is 0 Å². The average Bonchev–Trinajstić information content (AvgIpc) is 2.46. The summed E-state index contributed by atoms with van der Waals surface area (Å²) in [4.78, 5) is 4.52. The third kappa shape index (κ3) is 1.26. The Morgan fingerprint density at radius 2 is 1.78 bits per heavy atom. The van der Waals surface area contributed by atoms with Gasteiger partial charge >= 0.3 is 0 Å². The summed E-state index contributed by atoms with van der Waals surface area (Å²) in [5.74, 6) is 0.947. The molecule has 2 nitrogen and oxygen atoms in total. The van der Waals surface area contributed by atoms with Crippen LogP contribution in [0, 0.1) is 0 Å². The van der Waals surface area contributed by atoms with Crippen LogP contribution in [-0.4, -0.2) is 4.98 Å². The maximum atomic E-state index is 5.74. The number of ether oxygens (including phenoxy) is 1. The lowest BCUT2D eigenvalue weighted by Gasteiger charge is -2.21. The first kappa shape index (κ1) is 9.66. The zero-order valence-corrected chi connectivity index (χ0v) is 9.76. The van der Waals surface area contributed by atoms with E-state index < -0.39 is 0 Å². The summed E-state index contributed by atoms with van der Waals surface area (Å²) in [7, 11) is 0. The molecule has 0 unspecified atom stereocenters. The third-order valence-electron chi connectivity index (χ3n) is 3.40. The molecular weight excluding hydrogens is 222 g/mol. The van der Waals surface area contributed by atoms with Crippen LogP contribution in [0.3, 0.4) is 0 Å². The number of benzene rings is 2. The zero-order valence-electron chi connectivity index (χ0n) is 9.76. The Morgan fingerprint density at radius 1 is 0.944 bits per heavy atom. The van der Waals surface area contributed by atoms with Gasteiger partial charge in [0.05, 0.1) is 5.69 Å². The molecule has 1 aromatic heterocycles. The molecule has 18 heavy (non-hydrogen) atoms. The quantitative estimate of drug-likeness (QED) is 0.589. The Labute approximate surface area is 105 Å². The van der Waals surface area contributed by atoms with E-state index in [0.717, 1.165) is 17.0 Å². The molecule has 0 spiro atoms. The normalized spacial score (nSPS) is 12.7. The second-order valence-electron chi connectivity index (χ2n) is 4.45. The molecule has 0 bridgehead atoms. The van der Waals surface area contributed by atoms with Crippen LogP contribution in [0.1, 0.15) is 5.69 Å². The van der Waals surface area contributed by atoms with Crippen LogP contribution in [0.2, 0.25) is 0 Å². The number of para-hydroxylation sites is 1. The van der Waals surface area contributed by atoms with Crippen molar-refractivity contribution in [3.63, 3.8) is 0 Å². The molecule has 4 rings (SSSR count). The Balaban J connectivity index is 2.15. The van der Waals surface area contributed by atoms with Gasteiger partial charge < -0.3 is 4.74 Å². The summed E-state index contributed by atoms with van der Waals surface area (Å²) in [6.07, 6.45) is 1.92. The van der Waals surface area contributed by atoms with Crippen molar-refractivity contribution in [3.8, 4) is 16.9 Å². The van der Waals surface area contributed by atoms with E-state index >= 15 is 0 Å². The van der Waals surface area contributed by atoms with Crippen molar-refractivity contribution in [2.75, 3.05) is 0 Å². The summed E-state index contributed by atoms with van der Waals surface area (Å²) in [6.45, 7) is 0.553. The third-order valence-corrected chi connectivity index (χ3v) is 3.40. The molecule has 0 N–H and O–H groups in total. The van der Waals surface area contributed by atoms with E-state index in [-0.39, 0.29) is 0 Å². The first-order valence-electron chi connectivity index (χ1n) is 6.02. The van der Waals surface area contributed by atoms with Crippen molar-refractivity contribution in [2.24, 2.45) is 0 Å². The number of pyridine rings is 1. The number of hydrogen-bond acceptors (Lipinski definition) is 2. The van der Waals surface area contributed by atoms with Gasteiger partial charge in [0.1, 0.15) is 12.4 Å². The van der Waals surface area contributed by atoms with Gasteiger partial charge in [0.25, 0.3) is 0 Å². The molecule has 1 aliphatic heterocycles. The maximum Gasteiger partial charge on any atom is 0.131 e. The van der Waals surface area contributed by atoms with E-state index in [1.54, 1.807) is 0 Å². The molecule has 0 aliphatic carbocycles. The molecule has 0 saturated heterocycles. The molecule has 3 aromatic rings. The molecule has 86 valence electrons. The minimum atomic E-state index is 0.553. The summed E-state index contributed by atoms with van der Waals surface area (Å²) in [6, 6.07) is 16.5. The summed E-state index contributed by atoms with van der Waals surface area (Å²) in [5, 5.41) is 2.42. The molecule has 2 heterocycles. The topological polar surface area (TPSA) is 22.1 Å². The standard InChI is InChI=1S/C16H11NO/c1-2-6-12-11(5-1)9-17-14-10-18-15-8-4-3-7-13(15)16(12)14/h1-9H,10H2. The van der Waals surface area contributed by atoms with Crippen LogP contribution in [0.5, 0.6) is 5.75 Å². The van der Waals surface area contributed by atoms with Crippen molar-refractivity contribution in [3.05, 3.63) is 60.4 Å². The minimum absolute atomic E-state index is 0.553. The number of aromatic nitrogens is 1. The zero-order chi connectivity index (χ0) is 11.9. The first-order chi connectivity index (χ1) is 8.93. The largest absolute Gasteiger partial charge is 0.487 e. The fourth-order valence-corrected chi connectivity index (χ4v) is 2.56. The highest BCUT2D eigenvalue weighted by atomic mass is 16.5. The van der Waals surface area contributed by atoms with Crippen molar-refractivity contribution >= 4 is 10.8 Å². The molecule has 0 radical (unpaired) electrons. The number of hydrogen-bond donors (Lipinski definition) is 0. The lowest BCUT2D eigenvalue weighted by Crippen LogP contribution is -2.07. The predicted octanol–water partition coefficient (Wildman–Crippen LogP) is 3.79. The van der Waals surface area contributed by atoms with E-state index in [1.807, 2.05) is 30.5 Å². The van der Waals surface area contributed by atoms with Gasteiger partial charge in [0, 0.05) is 22.7 Å². The molecule has 0 saturated carbocycles. The van der Waals surface area contributed by atoms with Crippen LogP contribution in [0.25, 0.3) is 21.9 Å². The molecular formula is C16H11NO. The first-order valence-corrected chi connectivity index (χ1v) is 6.02. The summed E-state index contributed by atoms with van der Waals surface area (Å²) in [5.41, 5.74) is 3.38. The van der Waals surface area contributed by atoms with Crippen molar-refractivity contribution in [1.29, 1.82) is 0 Å². The van der Waals surface area contributed by atoms with E-state index in [1.165, 1.54) is 16.3 Å². The smallest absolute Gasteiger partial charge is 0.131 e. The molecule has 2 aromatic carbocycles. The molecule has 2 heteroatoms. The molecule has 1 aliphatic rings. The molecule has 0 atom stereocenters. The van der Waals surface area contributed by atoms with E-state index in [9.17, 15) is 0 Å². The van der Waals surface area contributed by atoms with E-state index in [4.69, 9.17) is 4.74 Å². The fraction of sp³-hybridized carbons (Fsp3) is 0.0625. The monoisotopic (exact) mass is 233 g/mol. The Bertz CT molecular complexity index is 749. The summed E-state index contributed by atoms with van der Waals surface area (Å²) >= 11 is 0. The second-order valence-corrected chi connectivity index (χ2v) is 4.45. The Morgan fingerprint density at radius 3 is 2.78 bits per heavy atom. The van der Waals surface area contributed by atoms with E-state index in [2.05, 4.69) is 29.2 Å². The number of fused-ring (bicyclic) bond motifs is 5. The number of nitrogens with zero attached hydrogens (tertiary/aromatic N) is 1. The van der Waals surface area contributed by atoms with Crippen molar-refractivity contribution in [1.82, 2.24) is 4.98 Å². The molecule has 0 fully saturated rings. The van der Waals surface area contributed by atoms with E-state index in [0.29, 0.717) is 6.61 Å². The van der Waals surface area contributed by atoms with Gasteiger partial charge in [-0.15, -0.1) is 0 Å². The van der Waals surface area contributed by atoms with Gasteiger partial charge in [0.2, 0.25) is 0 Å². The van der Waals surface area contributed by atoms with Crippen LogP contribution in [0.15, 0.2) is 54.7 Å². The lowest BCUT2D eigenvalue weighted by molar-refractivity contribution is 0.297. The van der Waals surface area contributed by atoms with Crippen molar-refractivity contribution in [2.45, 2.75) is 6.61 Å². The van der Waals surface area contributed by atoms with Crippen LogP contribution in [0.4, 0.5) is 0 Å². The highest BCUT2D eigenvalue weighted by Crippen LogP contribution is 2.40. The van der Waals surface area contributed by atoms with Gasteiger partial charge in [0.15, 0.2) is 0 Å². The van der Waals surface area contributed by atoms with Crippen molar-refractivity contribution < 1.29 is 4.74 Å². The van der Waals surface area contributed by atoms with Gasteiger partial charge in [-0.1, -0.05) is 42.5 Å². The maximum absolute atomic E-state index is 5.74. The summed E-state index contributed by atoms with van der Waals surface area (Å²) < 4.78 is 5.74. The Kier molecular flexibility index (Phi) is 1.92. The number of rotatable bonds is 0. The van der Waals surface area contributed by atoms with Gasteiger partial charge in [-0.05, 0) is 11.5 Å². The second kappa shape index (κ2) is 3.57. The SMILES string of the molecule is c1ccc2c(c1)OCc1ncc3ccccc3c1-2. The van der Waals surface area contributed by atoms with Crippen LogP contribution >= 0.6 is 0 Å². The average molecular weight is 233 g/mol. The van der Waals surface area contributed by atoms with Gasteiger partial charge in [-0.3, -0.25) is 4.98 Å². The van der Waals surface area contributed by atoms with Crippen LogP contribution < -0.4 is 4.74 Å². The Hall–Kier alpha value is -2.35. The highest BCUT2D eigenvalue weighted by Gasteiger charge is 2.19. The lowest BCUT2D eigenvalue weighted by atomic mass is 9.95. The predicted molar refractivity (Wildman–Crippen MR) is 71.5 cm³/mol.